The van der Waals surface area contributed by atoms with Gasteiger partial charge in [-0.25, -0.2) is 13.2 Å². The molecule has 1 atom stereocenters. The molecule has 1 heterocycles. The standard InChI is InChI=1S/C22H22ClF3N4O4S/c23-18-7-2-1-6-17(18)20(21(32)28-15-11-22(25,26)12-15)30(16-5-3-4-14(24)10-16)19(31)13-27-35(33,34)29-8-9-29/h1-7,10,15,20,27H,8-9,11-13H2,(H,28,32)/t20-/m0/s1. The molecular weight excluding hydrogens is 509 g/mol. The van der Waals surface area contributed by atoms with Gasteiger partial charge in [0.15, 0.2) is 0 Å². The van der Waals surface area contributed by atoms with Crippen LogP contribution in [0.5, 0.6) is 0 Å². The van der Waals surface area contributed by atoms with Gasteiger partial charge in [0, 0.05) is 48.2 Å². The van der Waals surface area contributed by atoms with Gasteiger partial charge in [-0.05, 0) is 24.3 Å². The second-order valence-corrected chi connectivity index (χ2v) is 10.5. The van der Waals surface area contributed by atoms with Gasteiger partial charge in [-0.1, -0.05) is 35.9 Å². The monoisotopic (exact) mass is 530 g/mol. The van der Waals surface area contributed by atoms with Gasteiger partial charge in [0.25, 0.3) is 16.1 Å². The zero-order chi connectivity index (χ0) is 25.4. The van der Waals surface area contributed by atoms with Crippen LogP contribution in [0.15, 0.2) is 48.5 Å². The van der Waals surface area contributed by atoms with E-state index in [1.54, 1.807) is 12.1 Å². The lowest BCUT2D eigenvalue weighted by atomic mass is 9.87. The van der Waals surface area contributed by atoms with Crippen LogP contribution in [0, 0.1) is 5.82 Å². The van der Waals surface area contributed by atoms with Crippen molar-refractivity contribution in [1.82, 2.24) is 14.3 Å². The third kappa shape index (κ3) is 5.95. The number of nitrogens with one attached hydrogen (secondary N) is 2. The fourth-order valence-electron chi connectivity index (χ4n) is 3.81. The summed E-state index contributed by atoms with van der Waals surface area (Å²) >= 11 is 6.33. The molecule has 2 fully saturated rings. The second-order valence-electron chi connectivity index (χ2n) is 8.36. The summed E-state index contributed by atoms with van der Waals surface area (Å²) in [5, 5.41) is 2.61. The van der Waals surface area contributed by atoms with E-state index in [4.69, 9.17) is 11.6 Å². The van der Waals surface area contributed by atoms with Gasteiger partial charge < -0.3 is 5.32 Å². The van der Waals surface area contributed by atoms with Gasteiger partial charge in [-0.2, -0.15) is 17.4 Å². The van der Waals surface area contributed by atoms with E-state index >= 15 is 0 Å². The van der Waals surface area contributed by atoms with Crippen molar-refractivity contribution in [2.45, 2.75) is 30.8 Å². The van der Waals surface area contributed by atoms with Crippen molar-refractivity contribution >= 4 is 39.3 Å². The SMILES string of the molecule is O=C(NC1CC(F)(F)C1)[C@H](c1ccccc1Cl)N(C(=O)CNS(=O)(=O)N1CC1)c1cccc(F)c1. The molecule has 2 aliphatic rings. The summed E-state index contributed by atoms with van der Waals surface area (Å²) in [5.74, 6) is -5.29. The van der Waals surface area contributed by atoms with Crippen LogP contribution in [0.3, 0.4) is 0 Å². The smallest absolute Gasteiger partial charge is 0.280 e. The van der Waals surface area contributed by atoms with Crippen molar-refractivity contribution in [3.63, 3.8) is 0 Å². The van der Waals surface area contributed by atoms with E-state index in [1.807, 2.05) is 0 Å². The summed E-state index contributed by atoms with van der Waals surface area (Å²) in [5.41, 5.74) is 0.115. The first kappa shape index (κ1) is 25.4. The minimum absolute atomic E-state index is 0.0417. The summed E-state index contributed by atoms with van der Waals surface area (Å²) in [7, 11) is -3.90. The molecule has 2 N–H and O–H groups in total. The Morgan fingerprint density at radius 2 is 1.83 bits per heavy atom. The van der Waals surface area contributed by atoms with Gasteiger partial charge in [0.2, 0.25) is 11.8 Å². The highest BCUT2D eigenvalue weighted by Gasteiger charge is 2.47. The van der Waals surface area contributed by atoms with Crippen LogP contribution in [-0.2, 0) is 19.8 Å². The Morgan fingerprint density at radius 3 is 2.43 bits per heavy atom. The van der Waals surface area contributed by atoms with Gasteiger partial charge in [0.1, 0.15) is 11.9 Å². The van der Waals surface area contributed by atoms with Crippen molar-refractivity contribution in [3.05, 3.63) is 64.9 Å². The number of carbonyl (C=O) groups excluding carboxylic acids is 2. The quantitative estimate of drug-likeness (QED) is 0.487. The molecule has 0 spiro atoms. The number of carbonyl (C=O) groups is 2. The van der Waals surface area contributed by atoms with Crippen molar-refractivity contribution in [2.24, 2.45) is 0 Å². The maximum atomic E-state index is 14.1. The molecule has 0 bridgehead atoms. The maximum Gasteiger partial charge on any atom is 0.280 e. The molecule has 0 radical (unpaired) electrons. The predicted octanol–water partition coefficient (Wildman–Crippen LogP) is 2.62. The third-order valence-electron chi connectivity index (χ3n) is 5.65. The zero-order valence-corrected chi connectivity index (χ0v) is 19.8. The largest absolute Gasteiger partial charge is 0.351 e. The molecule has 1 aliphatic carbocycles. The molecular formula is C22H22ClF3N4O4S. The Bertz CT molecular complexity index is 1230. The Kier molecular flexibility index (Phi) is 7.09. The van der Waals surface area contributed by atoms with E-state index in [0.717, 1.165) is 21.3 Å². The van der Waals surface area contributed by atoms with Crippen LogP contribution >= 0.6 is 11.6 Å². The Morgan fingerprint density at radius 1 is 1.14 bits per heavy atom. The van der Waals surface area contributed by atoms with Gasteiger partial charge in [0.05, 0.1) is 6.54 Å². The summed E-state index contributed by atoms with van der Waals surface area (Å²) < 4.78 is 68.5. The topological polar surface area (TPSA) is 98.6 Å². The minimum atomic E-state index is -3.90. The molecule has 1 aliphatic heterocycles. The summed E-state index contributed by atoms with van der Waals surface area (Å²) in [6.07, 6.45) is -1.12. The highest BCUT2D eigenvalue weighted by molar-refractivity contribution is 7.87. The summed E-state index contributed by atoms with van der Waals surface area (Å²) in [6.45, 7) is -0.104. The number of benzene rings is 2. The lowest BCUT2D eigenvalue weighted by Crippen LogP contribution is -2.54. The number of nitrogens with zero attached hydrogens (tertiary/aromatic N) is 2. The predicted molar refractivity (Wildman–Crippen MR) is 123 cm³/mol. The van der Waals surface area contributed by atoms with E-state index in [2.05, 4.69) is 10.0 Å². The van der Waals surface area contributed by atoms with Crippen molar-refractivity contribution < 1.29 is 31.2 Å². The normalized spacial score (nSPS) is 18.4. The second kappa shape index (κ2) is 9.76. The average Bonchev–Trinajstić information content (AvgIpc) is 3.61. The zero-order valence-electron chi connectivity index (χ0n) is 18.3. The van der Waals surface area contributed by atoms with Gasteiger partial charge in [-0.3, -0.25) is 14.5 Å². The molecule has 35 heavy (non-hydrogen) atoms. The summed E-state index contributed by atoms with van der Waals surface area (Å²) in [6, 6.07) is 8.63. The first-order valence-electron chi connectivity index (χ1n) is 10.7. The number of halogens is 4. The van der Waals surface area contributed by atoms with Crippen LogP contribution in [0.2, 0.25) is 5.02 Å². The fourth-order valence-corrected chi connectivity index (χ4v) is 5.10. The maximum absolute atomic E-state index is 14.1. The van der Waals surface area contributed by atoms with Gasteiger partial charge in [-0.15, -0.1) is 0 Å². The van der Waals surface area contributed by atoms with Gasteiger partial charge >= 0.3 is 0 Å². The van der Waals surface area contributed by atoms with E-state index < -0.39 is 65.2 Å². The number of amides is 2. The molecule has 188 valence electrons. The van der Waals surface area contributed by atoms with Crippen LogP contribution in [-0.4, -0.2) is 56.1 Å². The molecule has 0 unspecified atom stereocenters. The molecule has 13 heteroatoms. The number of hydrogen-bond donors (Lipinski definition) is 2. The molecule has 8 nitrogen and oxygen atoms in total. The Labute approximate surface area is 205 Å². The molecule has 1 saturated heterocycles. The Balaban J connectivity index is 1.70. The number of alkyl halides is 2. The lowest BCUT2D eigenvalue weighted by Gasteiger charge is -2.38. The molecule has 4 rings (SSSR count). The Hall–Kier alpha value is -2.67. The van der Waals surface area contributed by atoms with E-state index in [1.165, 1.54) is 24.3 Å². The summed E-state index contributed by atoms with van der Waals surface area (Å²) in [4.78, 5) is 27.7. The molecule has 2 aromatic carbocycles. The molecule has 2 amide bonds. The van der Waals surface area contributed by atoms with Crippen molar-refractivity contribution in [1.29, 1.82) is 0 Å². The van der Waals surface area contributed by atoms with E-state index in [0.29, 0.717) is 13.1 Å². The lowest BCUT2D eigenvalue weighted by molar-refractivity contribution is -0.132. The first-order chi connectivity index (χ1) is 16.5. The number of hydrogen-bond acceptors (Lipinski definition) is 4. The van der Waals surface area contributed by atoms with E-state index in [9.17, 15) is 31.2 Å². The fraction of sp³-hybridized carbons (Fsp3) is 0.364. The molecule has 1 saturated carbocycles. The minimum Gasteiger partial charge on any atom is -0.351 e. The van der Waals surface area contributed by atoms with Crippen LogP contribution < -0.4 is 14.9 Å². The molecule has 0 aromatic heterocycles. The van der Waals surface area contributed by atoms with Crippen LogP contribution in [0.4, 0.5) is 18.9 Å². The van der Waals surface area contributed by atoms with Crippen molar-refractivity contribution in [3.8, 4) is 0 Å². The van der Waals surface area contributed by atoms with Crippen molar-refractivity contribution in [2.75, 3.05) is 24.5 Å². The number of rotatable bonds is 9. The number of anilines is 1. The molecule has 2 aromatic rings. The van der Waals surface area contributed by atoms with Crippen LogP contribution in [0.1, 0.15) is 24.4 Å². The highest BCUT2D eigenvalue weighted by atomic mass is 35.5. The highest BCUT2D eigenvalue weighted by Crippen LogP contribution is 2.39. The third-order valence-corrected chi connectivity index (χ3v) is 7.55. The average molecular weight is 531 g/mol. The van der Waals surface area contributed by atoms with Crippen LogP contribution in [0.25, 0.3) is 0 Å². The van der Waals surface area contributed by atoms with E-state index in [-0.39, 0.29) is 16.3 Å². The first-order valence-corrected chi connectivity index (χ1v) is 12.5.